The lowest BCUT2D eigenvalue weighted by Crippen LogP contribution is -2.15. The molecule has 7 aromatic carbocycles. The summed E-state index contributed by atoms with van der Waals surface area (Å²) in [5, 5.41) is 2.45. The summed E-state index contributed by atoms with van der Waals surface area (Å²) in [5.41, 5.74) is 13.7. The number of fused-ring (bicyclic) bond motifs is 4. The first-order valence-electron chi connectivity index (χ1n) is 15.4. The Morgan fingerprint density at radius 3 is 1.91 bits per heavy atom. The zero-order chi connectivity index (χ0) is 29.7. The molecule has 0 aliphatic heterocycles. The Balaban J connectivity index is 1.41. The van der Waals surface area contributed by atoms with Crippen LogP contribution in [0.2, 0.25) is 0 Å². The Morgan fingerprint density at radius 1 is 0.432 bits per heavy atom. The minimum absolute atomic E-state index is 0.0593. The van der Waals surface area contributed by atoms with E-state index in [9.17, 15) is 0 Å². The van der Waals surface area contributed by atoms with Gasteiger partial charge in [0.25, 0.3) is 0 Å². The van der Waals surface area contributed by atoms with Crippen molar-refractivity contribution in [1.29, 1.82) is 0 Å². The summed E-state index contributed by atoms with van der Waals surface area (Å²) in [7, 11) is 0. The first kappa shape index (κ1) is 26.2. The van der Waals surface area contributed by atoms with E-state index in [1.165, 1.54) is 55.3 Å². The van der Waals surface area contributed by atoms with E-state index in [1.54, 1.807) is 0 Å². The molecule has 8 rings (SSSR count). The van der Waals surface area contributed by atoms with E-state index in [4.69, 9.17) is 0 Å². The van der Waals surface area contributed by atoms with E-state index in [2.05, 4.69) is 183 Å². The van der Waals surface area contributed by atoms with Crippen molar-refractivity contribution >= 4 is 27.8 Å². The molecule has 0 saturated carbocycles. The van der Waals surface area contributed by atoms with Crippen LogP contribution in [-0.2, 0) is 5.41 Å². The third-order valence-corrected chi connectivity index (χ3v) is 9.26. The Kier molecular flexibility index (Phi) is 6.20. The molecule has 1 aliphatic rings. The van der Waals surface area contributed by atoms with Crippen molar-refractivity contribution < 1.29 is 0 Å². The van der Waals surface area contributed by atoms with Crippen LogP contribution in [0.15, 0.2) is 164 Å². The molecule has 7 aromatic rings. The lowest BCUT2D eigenvalue weighted by molar-refractivity contribution is 0.660. The lowest BCUT2D eigenvalue weighted by Gasteiger charge is -2.30. The Labute approximate surface area is 259 Å². The average Bonchev–Trinajstić information content (AvgIpc) is 3.32. The molecular weight excluding hydrogens is 530 g/mol. The fourth-order valence-electron chi connectivity index (χ4n) is 7.14. The summed E-state index contributed by atoms with van der Waals surface area (Å²) in [5.74, 6) is 0. The highest BCUT2D eigenvalue weighted by molar-refractivity contribution is 6.03. The van der Waals surface area contributed by atoms with Gasteiger partial charge in [-0.1, -0.05) is 153 Å². The molecule has 0 fully saturated rings. The predicted octanol–water partition coefficient (Wildman–Crippen LogP) is 11.9. The second-order valence-electron chi connectivity index (χ2n) is 12.2. The smallest absolute Gasteiger partial charge is 0.0540 e. The van der Waals surface area contributed by atoms with Crippen LogP contribution in [0.5, 0.6) is 0 Å². The number of anilines is 3. The molecule has 0 aromatic heterocycles. The topological polar surface area (TPSA) is 3.24 Å². The van der Waals surface area contributed by atoms with Gasteiger partial charge in [0.1, 0.15) is 0 Å². The predicted molar refractivity (Wildman–Crippen MR) is 187 cm³/mol. The van der Waals surface area contributed by atoms with Gasteiger partial charge in [-0.25, -0.2) is 0 Å². The lowest BCUT2D eigenvalue weighted by atomic mass is 9.82. The largest absolute Gasteiger partial charge is 0.309 e. The first-order chi connectivity index (χ1) is 21.6. The van der Waals surface area contributed by atoms with Gasteiger partial charge in [0.2, 0.25) is 0 Å². The minimum atomic E-state index is -0.0593. The maximum atomic E-state index is 2.45. The van der Waals surface area contributed by atoms with Crippen LogP contribution in [0, 0.1) is 0 Å². The van der Waals surface area contributed by atoms with Gasteiger partial charge in [-0.3, -0.25) is 0 Å². The third kappa shape index (κ3) is 4.16. The molecule has 1 aliphatic carbocycles. The highest BCUT2D eigenvalue weighted by Crippen LogP contribution is 2.54. The molecule has 0 bridgehead atoms. The molecule has 210 valence electrons. The van der Waals surface area contributed by atoms with Gasteiger partial charge in [-0.15, -0.1) is 0 Å². The number of hydrogen-bond acceptors (Lipinski definition) is 1. The summed E-state index contributed by atoms with van der Waals surface area (Å²) in [4.78, 5) is 2.45. The average molecular weight is 564 g/mol. The van der Waals surface area contributed by atoms with Crippen molar-refractivity contribution in [2.75, 3.05) is 4.90 Å². The molecule has 0 N–H and O–H groups in total. The van der Waals surface area contributed by atoms with E-state index >= 15 is 0 Å². The maximum Gasteiger partial charge on any atom is 0.0540 e. The van der Waals surface area contributed by atoms with Crippen molar-refractivity contribution in [3.05, 3.63) is 175 Å². The fourth-order valence-corrected chi connectivity index (χ4v) is 7.14. The highest BCUT2D eigenvalue weighted by Gasteiger charge is 2.37. The molecule has 0 saturated heterocycles. The van der Waals surface area contributed by atoms with Crippen molar-refractivity contribution in [1.82, 2.24) is 0 Å². The molecule has 44 heavy (non-hydrogen) atoms. The van der Waals surface area contributed by atoms with Crippen LogP contribution in [0.1, 0.15) is 25.0 Å². The maximum absolute atomic E-state index is 2.45. The number of nitrogens with zero attached hydrogens (tertiary/aromatic N) is 1. The molecule has 1 nitrogen and oxygen atoms in total. The van der Waals surface area contributed by atoms with Crippen LogP contribution < -0.4 is 4.90 Å². The van der Waals surface area contributed by atoms with E-state index < -0.39 is 0 Å². The quantitative estimate of drug-likeness (QED) is 0.201. The van der Waals surface area contributed by atoms with E-state index in [0.717, 1.165) is 17.1 Å². The van der Waals surface area contributed by atoms with Gasteiger partial charge in [0.15, 0.2) is 0 Å². The second kappa shape index (κ2) is 10.4. The molecule has 0 amide bonds. The van der Waals surface area contributed by atoms with Crippen molar-refractivity contribution in [3.63, 3.8) is 0 Å². The first-order valence-corrected chi connectivity index (χ1v) is 15.4. The Morgan fingerprint density at radius 2 is 1.02 bits per heavy atom. The Bertz CT molecular complexity index is 2150. The van der Waals surface area contributed by atoms with Gasteiger partial charge in [-0.05, 0) is 68.6 Å². The van der Waals surface area contributed by atoms with E-state index in [1.807, 2.05) is 0 Å². The van der Waals surface area contributed by atoms with Gasteiger partial charge in [-0.2, -0.15) is 0 Å². The monoisotopic (exact) mass is 563 g/mol. The fraction of sp³-hybridized carbons (Fsp3) is 0.0698. The van der Waals surface area contributed by atoms with Crippen LogP contribution in [0.25, 0.3) is 44.2 Å². The molecular formula is C43H33N. The zero-order valence-corrected chi connectivity index (χ0v) is 25.0. The standard InChI is InChI=1S/C43H33N/c1-43(2)38-25-10-8-23-37(38)42-36(24-14-26-39(42)43)35-22-9-11-27-41(35)44(40-28-13-18-31-17-6-7-21-34(31)40)33-20-12-19-32(29-33)30-15-4-3-5-16-30/h3-29H,1-2H3. The zero-order valence-electron chi connectivity index (χ0n) is 25.0. The molecule has 0 spiro atoms. The summed E-state index contributed by atoms with van der Waals surface area (Å²) >= 11 is 0. The number of para-hydroxylation sites is 1. The van der Waals surface area contributed by atoms with Crippen LogP contribution in [-0.4, -0.2) is 0 Å². The van der Waals surface area contributed by atoms with Crippen molar-refractivity contribution in [2.45, 2.75) is 19.3 Å². The Hall–Kier alpha value is -5.40. The minimum Gasteiger partial charge on any atom is -0.309 e. The van der Waals surface area contributed by atoms with E-state index in [-0.39, 0.29) is 5.41 Å². The molecule has 0 radical (unpaired) electrons. The molecule has 0 atom stereocenters. The molecule has 0 unspecified atom stereocenters. The van der Waals surface area contributed by atoms with Gasteiger partial charge < -0.3 is 4.90 Å². The van der Waals surface area contributed by atoms with Crippen LogP contribution in [0.4, 0.5) is 17.1 Å². The summed E-state index contributed by atoms with van der Waals surface area (Å²) in [6, 6.07) is 59.6. The number of hydrogen-bond donors (Lipinski definition) is 0. The molecule has 1 heteroatoms. The van der Waals surface area contributed by atoms with Crippen LogP contribution >= 0.6 is 0 Å². The van der Waals surface area contributed by atoms with Crippen LogP contribution in [0.3, 0.4) is 0 Å². The van der Waals surface area contributed by atoms with Gasteiger partial charge in [0, 0.05) is 22.1 Å². The molecule has 0 heterocycles. The normalized spacial score (nSPS) is 13.0. The van der Waals surface area contributed by atoms with Crippen molar-refractivity contribution in [2.24, 2.45) is 0 Å². The second-order valence-corrected chi connectivity index (χ2v) is 12.2. The number of rotatable bonds is 5. The van der Waals surface area contributed by atoms with Gasteiger partial charge in [0.05, 0.1) is 11.4 Å². The summed E-state index contributed by atoms with van der Waals surface area (Å²) in [6.07, 6.45) is 0. The summed E-state index contributed by atoms with van der Waals surface area (Å²) < 4.78 is 0. The van der Waals surface area contributed by atoms with E-state index in [0.29, 0.717) is 0 Å². The van der Waals surface area contributed by atoms with Crippen molar-refractivity contribution in [3.8, 4) is 33.4 Å². The third-order valence-electron chi connectivity index (χ3n) is 9.26. The number of benzene rings is 7. The highest BCUT2D eigenvalue weighted by atomic mass is 15.1. The van der Waals surface area contributed by atoms with Gasteiger partial charge >= 0.3 is 0 Å². The summed E-state index contributed by atoms with van der Waals surface area (Å²) in [6.45, 7) is 4.70. The SMILES string of the molecule is CC1(C)c2ccccc2-c2c(-c3ccccc3N(c3cccc(-c4ccccc4)c3)c3cccc4ccccc34)cccc21.